The van der Waals surface area contributed by atoms with Crippen LogP contribution >= 0.6 is 15.9 Å². The summed E-state index contributed by atoms with van der Waals surface area (Å²) in [4.78, 5) is 11.3. The smallest absolute Gasteiger partial charge is 0.242 e. The van der Waals surface area contributed by atoms with E-state index < -0.39 is 17.3 Å². The van der Waals surface area contributed by atoms with E-state index in [-0.39, 0.29) is 5.56 Å². The van der Waals surface area contributed by atoms with Crippen LogP contribution in [0.1, 0.15) is 12.5 Å². The molecule has 15 heavy (non-hydrogen) atoms. The van der Waals surface area contributed by atoms with Gasteiger partial charge in [0.1, 0.15) is 11.4 Å². The average molecular weight is 275 g/mol. The third-order valence-corrected chi connectivity index (χ3v) is 2.96. The number of hydrogen-bond donors (Lipinski definition) is 2. The van der Waals surface area contributed by atoms with Gasteiger partial charge in [0, 0.05) is 10.0 Å². The van der Waals surface area contributed by atoms with Crippen LogP contribution < -0.4 is 11.1 Å². The molecule has 1 amide bonds. The lowest BCUT2D eigenvalue weighted by atomic mass is 9.91. The fraction of sp³-hybridized carbons (Fsp3) is 0.300. The molecule has 0 aromatic heterocycles. The number of halogens is 2. The van der Waals surface area contributed by atoms with Crippen molar-refractivity contribution in [3.63, 3.8) is 0 Å². The zero-order chi connectivity index (χ0) is 11.6. The number of amides is 1. The van der Waals surface area contributed by atoms with Crippen molar-refractivity contribution in [3.8, 4) is 0 Å². The highest BCUT2D eigenvalue weighted by Crippen LogP contribution is 2.25. The summed E-state index contributed by atoms with van der Waals surface area (Å²) in [6.45, 7) is 1.54. The fourth-order valence-electron chi connectivity index (χ4n) is 1.29. The largest absolute Gasteiger partial charge is 0.368 e. The van der Waals surface area contributed by atoms with Gasteiger partial charge >= 0.3 is 0 Å². The molecular formula is C10H12BrFN2O. The molecule has 0 aliphatic rings. The predicted octanol–water partition coefficient (Wildman–Crippen LogP) is 1.51. The van der Waals surface area contributed by atoms with Crippen LogP contribution in [0.4, 0.5) is 4.39 Å². The first-order valence-corrected chi connectivity index (χ1v) is 5.15. The van der Waals surface area contributed by atoms with Crippen molar-refractivity contribution in [2.45, 2.75) is 12.5 Å². The monoisotopic (exact) mass is 274 g/mol. The maximum atomic E-state index is 13.6. The Morgan fingerprint density at radius 2 is 2.20 bits per heavy atom. The van der Waals surface area contributed by atoms with Crippen LogP contribution in [0, 0.1) is 5.82 Å². The number of nitrogens with two attached hydrogens (primary N) is 1. The summed E-state index contributed by atoms with van der Waals surface area (Å²) < 4.78 is 14.2. The molecule has 0 aliphatic carbocycles. The van der Waals surface area contributed by atoms with Crippen LogP contribution in [-0.4, -0.2) is 13.0 Å². The number of hydrogen-bond acceptors (Lipinski definition) is 2. The molecule has 3 N–H and O–H groups in total. The van der Waals surface area contributed by atoms with Crippen molar-refractivity contribution in [1.29, 1.82) is 0 Å². The number of benzene rings is 1. The molecule has 0 saturated carbocycles. The molecule has 1 unspecified atom stereocenters. The summed E-state index contributed by atoms with van der Waals surface area (Å²) in [7, 11) is 1.56. The van der Waals surface area contributed by atoms with Crippen LogP contribution in [0.15, 0.2) is 22.7 Å². The Morgan fingerprint density at radius 3 is 2.60 bits per heavy atom. The van der Waals surface area contributed by atoms with E-state index >= 15 is 0 Å². The molecule has 1 rings (SSSR count). The highest BCUT2D eigenvalue weighted by atomic mass is 79.9. The van der Waals surface area contributed by atoms with Crippen LogP contribution in [0.3, 0.4) is 0 Å². The quantitative estimate of drug-likeness (QED) is 0.878. The van der Waals surface area contributed by atoms with Gasteiger partial charge in [-0.05, 0) is 26.1 Å². The summed E-state index contributed by atoms with van der Waals surface area (Å²) in [6.07, 6.45) is 0. The Morgan fingerprint density at radius 1 is 1.60 bits per heavy atom. The SMILES string of the molecule is CNC(C)(C(N)=O)c1ccc(Br)cc1F. The second kappa shape index (κ2) is 4.28. The lowest BCUT2D eigenvalue weighted by Gasteiger charge is -2.26. The number of likely N-dealkylation sites (N-methyl/N-ethyl adjacent to an activating group) is 1. The molecule has 0 bridgehead atoms. The van der Waals surface area contributed by atoms with E-state index in [2.05, 4.69) is 21.2 Å². The minimum absolute atomic E-state index is 0.237. The van der Waals surface area contributed by atoms with E-state index in [1.54, 1.807) is 20.0 Å². The number of primary amides is 1. The fourth-order valence-corrected chi connectivity index (χ4v) is 1.62. The molecule has 0 fully saturated rings. The second-order valence-corrected chi connectivity index (χ2v) is 4.28. The zero-order valence-corrected chi connectivity index (χ0v) is 10.1. The number of carbonyl (C=O) groups excluding carboxylic acids is 1. The molecule has 82 valence electrons. The minimum Gasteiger partial charge on any atom is -0.368 e. The molecular weight excluding hydrogens is 263 g/mol. The predicted molar refractivity (Wildman–Crippen MR) is 59.7 cm³/mol. The normalized spacial score (nSPS) is 14.7. The molecule has 5 heteroatoms. The van der Waals surface area contributed by atoms with Gasteiger partial charge in [0.2, 0.25) is 5.91 Å². The van der Waals surface area contributed by atoms with Crippen molar-refractivity contribution in [2.75, 3.05) is 7.05 Å². The van der Waals surface area contributed by atoms with Gasteiger partial charge in [-0.15, -0.1) is 0 Å². The Labute approximate surface area is 96.0 Å². The third-order valence-electron chi connectivity index (χ3n) is 2.46. The Kier molecular flexibility index (Phi) is 3.46. The van der Waals surface area contributed by atoms with Gasteiger partial charge in [-0.3, -0.25) is 4.79 Å². The van der Waals surface area contributed by atoms with Crippen molar-refractivity contribution < 1.29 is 9.18 Å². The van der Waals surface area contributed by atoms with Crippen molar-refractivity contribution >= 4 is 21.8 Å². The van der Waals surface area contributed by atoms with E-state index in [4.69, 9.17) is 5.73 Å². The van der Waals surface area contributed by atoms with Crippen molar-refractivity contribution in [1.82, 2.24) is 5.32 Å². The topological polar surface area (TPSA) is 55.1 Å². The maximum Gasteiger partial charge on any atom is 0.242 e. The summed E-state index contributed by atoms with van der Waals surface area (Å²) >= 11 is 3.15. The first-order chi connectivity index (χ1) is 6.91. The number of nitrogens with one attached hydrogen (secondary N) is 1. The van der Waals surface area contributed by atoms with E-state index in [9.17, 15) is 9.18 Å². The molecule has 1 aromatic carbocycles. The highest BCUT2D eigenvalue weighted by molar-refractivity contribution is 9.10. The first kappa shape index (κ1) is 12.1. The summed E-state index contributed by atoms with van der Waals surface area (Å²) in [5.41, 5.74) is 4.29. The van der Waals surface area contributed by atoms with Gasteiger partial charge in [-0.2, -0.15) is 0 Å². The van der Waals surface area contributed by atoms with Gasteiger partial charge in [0.05, 0.1) is 0 Å². The van der Waals surface area contributed by atoms with Gasteiger partial charge < -0.3 is 11.1 Å². The van der Waals surface area contributed by atoms with Gasteiger partial charge in [0.25, 0.3) is 0 Å². The van der Waals surface area contributed by atoms with E-state index in [1.165, 1.54) is 12.1 Å². The molecule has 1 atom stereocenters. The number of rotatable bonds is 3. The molecule has 3 nitrogen and oxygen atoms in total. The molecule has 0 heterocycles. The summed E-state index contributed by atoms with van der Waals surface area (Å²) in [5, 5.41) is 2.72. The maximum absolute atomic E-state index is 13.6. The van der Waals surface area contributed by atoms with Crippen LogP contribution in [0.5, 0.6) is 0 Å². The first-order valence-electron chi connectivity index (χ1n) is 4.36. The number of carbonyl (C=O) groups is 1. The third kappa shape index (κ3) is 2.18. The molecule has 0 aliphatic heterocycles. The van der Waals surface area contributed by atoms with Gasteiger partial charge in [-0.25, -0.2) is 4.39 Å². The average Bonchev–Trinajstić information content (AvgIpc) is 2.16. The zero-order valence-electron chi connectivity index (χ0n) is 8.47. The minimum atomic E-state index is -1.19. The second-order valence-electron chi connectivity index (χ2n) is 3.36. The lowest BCUT2D eigenvalue weighted by molar-refractivity contribution is -0.124. The van der Waals surface area contributed by atoms with Gasteiger partial charge in [-0.1, -0.05) is 22.0 Å². The highest BCUT2D eigenvalue weighted by Gasteiger charge is 2.33. The van der Waals surface area contributed by atoms with E-state index in [0.717, 1.165) is 0 Å². The van der Waals surface area contributed by atoms with Crippen LogP contribution in [-0.2, 0) is 10.3 Å². The molecule has 0 spiro atoms. The van der Waals surface area contributed by atoms with Crippen LogP contribution in [0.2, 0.25) is 0 Å². The van der Waals surface area contributed by atoms with Crippen molar-refractivity contribution in [2.24, 2.45) is 5.73 Å². The summed E-state index contributed by atoms with van der Waals surface area (Å²) in [5.74, 6) is -1.09. The molecule has 0 saturated heterocycles. The van der Waals surface area contributed by atoms with Crippen molar-refractivity contribution in [3.05, 3.63) is 34.1 Å². The molecule has 0 radical (unpaired) electrons. The Hall–Kier alpha value is -0.940. The van der Waals surface area contributed by atoms with Crippen LogP contribution in [0.25, 0.3) is 0 Å². The standard InChI is InChI=1S/C10H12BrFN2O/c1-10(14-2,9(13)15)7-4-3-6(11)5-8(7)12/h3-5,14H,1-2H3,(H2,13,15). The van der Waals surface area contributed by atoms with E-state index in [0.29, 0.717) is 4.47 Å². The summed E-state index contributed by atoms with van der Waals surface area (Å²) in [6, 6.07) is 4.49. The molecule has 1 aromatic rings. The Bertz CT molecular complexity index is 397. The van der Waals surface area contributed by atoms with E-state index in [1.807, 2.05) is 0 Å². The Balaban J connectivity index is 3.30. The lowest BCUT2D eigenvalue weighted by Crippen LogP contribution is -2.49. The van der Waals surface area contributed by atoms with Gasteiger partial charge in [0.15, 0.2) is 0 Å².